The van der Waals surface area contributed by atoms with E-state index < -0.39 is 15.8 Å². The SMILES string of the molecule is CCOC(=O)c1ccccc1Oc1ccc(S(=O)(=O)c2ccc(CCNCc3ccccc3)cc2)cc1. The fourth-order valence-corrected chi connectivity index (χ4v) is 5.04. The summed E-state index contributed by atoms with van der Waals surface area (Å²) >= 11 is 0. The highest BCUT2D eigenvalue weighted by molar-refractivity contribution is 7.91. The van der Waals surface area contributed by atoms with Gasteiger partial charge in [0.2, 0.25) is 9.84 Å². The summed E-state index contributed by atoms with van der Waals surface area (Å²) in [6, 6.07) is 30.1. The lowest BCUT2D eigenvalue weighted by Crippen LogP contribution is -2.16. The largest absolute Gasteiger partial charge is 0.462 e. The second-order valence-corrected chi connectivity index (χ2v) is 10.3. The summed E-state index contributed by atoms with van der Waals surface area (Å²) in [5, 5.41) is 3.40. The van der Waals surface area contributed by atoms with Crippen molar-refractivity contribution in [3.8, 4) is 11.5 Å². The molecule has 0 unspecified atom stereocenters. The number of benzene rings is 4. The topological polar surface area (TPSA) is 81.7 Å². The van der Waals surface area contributed by atoms with Crippen molar-refractivity contribution in [3.63, 3.8) is 0 Å². The van der Waals surface area contributed by atoms with Crippen LogP contribution in [0.3, 0.4) is 0 Å². The van der Waals surface area contributed by atoms with Crippen LogP contribution >= 0.6 is 0 Å². The van der Waals surface area contributed by atoms with E-state index in [0.717, 1.165) is 25.1 Å². The number of rotatable bonds is 11. The number of sulfone groups is 1. The lowest BCUT2D eigenvalue weighted by Gasteiger charge is -2.11. The average Bonchev–Trinajstić information content (AvgIpc) is 2.93. The van der Waals surface area contributed by atoms with Crippen LogP contribution in [-0.4, -0.2) is 27.5 Å². The van der Waals surface area contributed by atoms with E-state index in [1.807, 2.05) is 30.3 Å². The van der Waals surface area contributed by atoms with Crippen molar-refractivity contribution in [1.29, 1.82) is 0 Å². The number of carbonyl (C=O) groups is 1. The number of hydrogen-bond acceptors (Lipinski definition) is 6. The van der Waals surface area contributed by atoms with Gasteiger partial charge in [-0.2, -0.15) is 0 Å². The first-order valence-corrected chi connectivity index (χ1v) is 13.6. The van der Waals surface area contributed by atoms with E-state index in [0.29, 0.717) is 17.1 Å². The van der Waals surface area contributed by atoms with Gasteiger partial charge in [0.1, 0.15) is 17.1 Å². The molecular formula is C30H29NO5S. The molecule has 7 heteroatoms. The smallest absolute Gasteiger partial charge is 0.341 e. The Kier molecular flexibility index (Phi) is 8.72. The van der Waals surface area contributed by atoms with Crippen LogP contribution in [0.2, 0.25) is 0 Å². The highest BCUT2D eigenvalue weighted by Crippen LogP contribution is 2.28. The Hall–Kier alpha value is -3.94. The molecule has 0 heterocycles. The first-order chi connectivity index (χ1) is 18.0. The van der Waals surface area contributed by atoms with Crippen molar-refractivity contribution in [2.75, 3.05) is 13.2 Å². The van der Waals surface area contributed by atoms with E-state index >= 15 is 0 Å². The van der Waals surface area contributed by atoms with Gasteiger partial charge in [-0.05, 0) is 79.5 Å². The minimum atomic E-state index is -3.68. The predicted octanol–water partition coefficient (Wildman–Crippen LogP) is 5.82. The molecule has 4 aromatic carbocycles. The summed E-state index contributed by atoms with van der Waals surface area (Å²) in [5.41, 5.74) is 2.59. The van der Waals surface area contributed by atoms with Crippen LogP contribution in [0.4, 0.5) is 0 Å². The van der Waals surface area contributed by atoms with Crippen molar-refractivity contribution in [2.45, 2.75) is 29.7 Å². The molecular weight excluding hydrogens is 486 g/mol. The van der Waals surface area contributed by atoms with Crippen LogP contribution < -0.4 is 10.1 Å². The van der Waals surface area contributed by atoms with Gasteiger partial charge in [-0.1, -0.05) is 54.6 Å². The maximum atomic E-state index is 13.1. The second-order valence-electron chi connectivity index (χ2n) is 8.35. The van der Waals surface area contributed by atoms with Gasteiger partial charge in [0.05, 0.1) is 16.4 Å². The first kappa shape index (κ1) is 26.1. The number of para-hydroxylation sites is 1. The molecule has 37 heavy (non-hydrogen) atoms. The van der Waals surface area contributed by atoms with Gasteiger partial charge in [-0.15, -0.1) is 0 Å². The quantitative estimate of drug-likeness (QED) is 0.200. The minimum absolute atomic E-state index is 0.163. The molecule has 0 bridgehead atoms. The van der Waals surface area contributed by atoms with E-state index in [4.69, 9.17) is 9.47 Å². The first-order valence-electron chi connectivity index (χ1n) is 12.1. The molecule has 4 aromatic rings. The Labute approximate surface area is 217 Å². The number of nitrogens with one attached hydrogen (secondary N) is 1. The molecule has 0 radical (unpaired) electrons. The van der Waals surface area contributed by atoms with Crippen LogP contribution in [0.15, 0.2) is 113 Å². The molecule has 0 aliphatic carbocycles. The molecule has 4 rings (SSSR count). The van der Waals surface area contributed by atoms with E-state index in [1.165, 1.54) is 17.7 Å². The summed E-state index contributed by atoms with van der Waals surface area (Å²) in [5.74, 6) is 0.271. The van der Waals surface area contributed by atoms with E-state index in [2.05, 4.69) is 17.4 Å². The zero-order chi connectivity index (χ0) is 26.1. The van der Waals surface area contributed by atoms with Crippen LogP contribution in [0.25, 0.3) is 0 Å². The second kappa shape index (κ2) is 12.3. The Balaban J connectivity index is 1.38. The molecule has 0 saturated heterocycles. The third-order valence-electron chi connectivity index (χ3n) is 5.74. The minimum Gasteiger partial charge on any atom is -0.462 e. The van der Waals surface area contributed by atoms with Gasteiger partial charge >= 0.3 is 5.97 Å². The summed E-state index contributed by atoms with van der Waals surface area (Å²) in [7, 11) is -3.68. The fraction of sp³-hybridized carbons (Fsp3) is 0.167. The van der Waals surface area contributed by atoms with Crippen molar-refractivity contribution < 1.29 is 22.7 Å². The molecule has 6 nitrogen and oxygen atoms in total. The van der Waals surface area contributed by atoms with Gasteiger partial charge in [-0.3, -0.25) is 0 Å². The van der Waals surface area contributed by atoms with Gasteiger partial charge in [0.15, 0.2) is 0 Å². The molecule has 0 amide bonds. The van der Waals surface area contributed by atoms with Gasteiger partial charge in [-0.25, -0.2) is 13.2 Å². The highest BCUT2D eigenvalue weighted by atomic mass is 32.2. The van der Waals surface area contributed by atoms with Gasteiger partial charge in [0.25, 0.3) is 0 Å². The van der Waals surface area contributed by atoms with Crippen LogP contribution in [0, 0.1) is 0 Å². The highest BCUT2D eigenvalue weighted by Gasteiger charge is 2.18. The van der Waals surface area contributed by atoms with Crippen LogP contribution in [0.5, 0.6) is 11.5 Å². The van der Waals surface area contributed by atoms with E-state index in [1.54, 1.807) is 55.5 Å². The lowest BCUT2D eigenvalue weighted by molar-refractivity contribution is 0.0523. The third kappa shape index (κ3) is 6.84. The number of hydrogen-bond donors (Lipinski definition) is 1. The molecule has 0 aromatic heterocycles. The maximum absolute atomic E-state index is 13.1. The molecule has 0 spiro atoms. The standard InChI is InChI=1S/C30H29NO5S/c1-2-35-30(32)28-10-6-7-11-29(28)36-25-14-18-27(19-15-25)37(33,34)26-16-12-23(13-17-26)20-21-31-22-24-8-4-3-5-9-24/h3-19,31H,2,20-22H2,1H3. The van der Waals surface area contributed by atoms with Crippen LogP contribution in [-0.2, 0) is 27.5 Å². The molecule has 0 atom stereocenters. The Morgan fingerprint density at radius 2 is 1.38 bits per heavy atom. The monoisotopic (exact) mass is 515 g/mol. The maximum Gasteiger partial charge on any atom is 0.341 e. The lowest BCUT2D eigenvalue weighted by atomic mass is 10.1. The van der Waals surface area contributed by atoms with Crippen molar-refractivity contribution in [3.05, 3.63) is 120 Å². The summed E-state index contributed by atoms with van der Waals surface area (Å²) in [4.78, 5) is 12.6. The Morgan fingerprint density at radius 3 is 2.05 bits per heavy atom. The van der Waals surface area contributed by atoms with E-state index in [-0.39, 0.29) is 16.4 Å². The number of carbonyl (C=O) groups excluding carboxylic acids is 1. The number of esters is 1. The number of ether oxygens (including phenoxy) is 2. The van der Waals surface area contributed by atoms with Gasteiger partial charge in [0, 0.05) is 6.54 Å². The van der Waals surface area contributed by atoms with Crippen molar-refractivity contribution in [1.82, 2.24) is 5.32 Å². The zero-order valence-corrected chi connectivity index (χ0v) is 21.4. The summed E-state index contributed by atoms with van der Waals surface area (Å²) < 4.78 is 37.2. The Morgan fingerprint density at radius 1 is 0.757 bits per heavy atom. The van der Waals surface area contributed by atoms with Crippen LogP contribution in [0.1, 0.15) is 28.4 Å². The molecule has 0 fully saturated rings. The molecule has 0 aliphatic rings. The summed E-state index contributed by atoms with van der Waals surface area (Å²) in [6.45, 7) is 3.58. The van der Waals surface area contributed by atoms with Crippen molar-refractivity contribution in [2.24, 2.45) is 0 Å². The van der Waals surface area contributed by atoms with Crippen molar-refractivity contribution >= 4 is 15.8 Å². The summed E-state index contributed by atoms with van der Waals surface area (Å²) in [6.07, 6.45) is 0.798. The third-order valence-corrected chi connectivity index (χ3v) is 7.53. The molecule has 0 aliphatic heterocycles. The molecule has 1 N–H and O–H groups in total. The normalized spacial score (nSPS) is 11.2. The average molecular weight is 516 g/mol. The zero-order valence-electron chi connectivity index (χ0n) is 20.6. The fourth-order valence-electron chi connectivity index (χ4n) is 3.78. The molecule has 190 valence electrons. The Bertz CT molecular complexity index is 1420. The molecule has 0 saturated carbocycles. The van der Waals surface area contributed by atoms with Gasteiger partial charge < -0.3 is 14.8 Å². The predicted molar refractivity (Wildman–Crippen MR) is 143 cm³/mol. The van der Waals surface area contributed by atoms with E-state index in [9.17, 15) is 13.2 Å².